The van der Waals surface area contributed by atoms with Crippen molar-refractivity contribution in [1.82, 2.24) is 0 Å². The summed E-state index contributed by atoms with van der Waals surface area (Å²) < 4.78 is 22.2. The summed E-state index contributed by atoms with van der Waals surface area (Å²) in [5.41, 5.74) is 0.706. The van der Waals surface area contributed by atoms with Crippen LogP contribution in [0.5, 0.6) is 11.5 Å². The van der Waals surface area contributed by atoms with Gasteiger partial charge in [-0.3, -0.25) is 0 Å². The maximum absolute atomic E-state index is 12.5. The van der Waals surface area contributed by atoms with Gasteiger partial charge in [-0.25, -0.2) is 0 Å². The van der Waals surface area contributed by atoms with Crippen molar-refractivity contribution in [1.29, 1.82) is 0 Å². The predicted molar refractivity (Wildman–Crippen MR) is 57.6 cm³/mol. The van der Waals surface area contributed by atoms with E-state index in [1.54, 1.807) is 25.3 Å². The summed E-state index contributed by atoms with van der Waals surface area (Å²) in [5, 5.41) is 0. The number of rotatable bonds is 3. The van der Waals surface area contributed by atoms with Crippen molar-refractivity contribution in [3.05, 3.63) is 28.5 Å². The molecule has 2 nitrogen and oxygen atoms in total. The Hall–Kier alpha value is -1.03. The van der Waals surface area contributed by atoms with Crippen LogP contribution in [0.1, 0.15) is 5.56 Å². The van der Waals surface area contributed by atoms with Crippen molar-refractivity contribution >= 4 is 22.0 Å². The quantitative estimate of drug-likeness (QED) is 0.830. The van der Waals surface area contributed by atoms with Crippen LogP contribution >= 0.6 is 15.9 Å². The van der Waals surface area contributed by atoms with Crippen LogP contribution in [0.4, 0.5) is 4.39 Å². The van der Waals surface area contributed by atoms with Gasteiger partial charge in [0.15, 0.2) is 16.2 Å². The Morgan fingerprint density at radius 3 is 2.43 bits per heavy atom. The first kappa shape index (κ1) is 11.0. The molecule has 0 unspecified atom stereocenters. The zero-order valence-corrected chi connectivity index (χ0v) is 9.47. The third kappa shape index (κ3) is 2.73. The molecule has 4 heteroatoms. The Morgan fingerprint density at radius 2 is 1.93 bits per heavy atom. The van der Waals surface area contributed by atoms with Gasteiger partial charge in [0.1, 0.15) is 0 Å². The molecule has 0 fully saturated rings. The van der Waals surface area contributed by atoms with E-state index < -0.39 is 4.74 Å². The molecule has 0 bridgehead atoms. The molecule has 76 valence electrons. The van der Waals surface area contributed by atoms with Crippen molar-refractivity contribution in [2.75, 3.05) is 14.2 Å². The molecule has 1 rings (SSSR count). The van der Waals surface area contributed by atoms with Crippen LogP contribution in [0.15, 0.2) is 22.9 Å². The summed E-state index contributed by atoms with van der Waals surface area (Å²) in [5.74, 6) is 1.20. The maximum Gasteiger partial charge on any atom is 0.166 e. The molecule has 0 amide bonds. The first-order valence-electron chi connectivity index (χ1n) is 3.92. The second-order valence-corrected chi connectivity index (χ2v) is 3.31. The molecule has 1 aromatic rings. The lowest BCUT2D eigenvalue weighted by Crippen LogP contribution is -1.90. The summed E-state index contributed by atoms with van der Waals surface area (Å²) in [4.78, 5) is 0. The molecule has 0 atom stereocenters. The summed E-state index contributed by atoms with van der Waals surface area (Å²) in [6.45, 7) is 0. The predicted octanol–water partition coefficient (Wildman–Crippen LogP) is 3.37. The first-order valence-corrected chi connectivity index (χ1v) is 4.71. The topological polar surface area (TPSA) is 18.5 Å². The van der Waals surface area contributed by atoms with Gasteiger partial charge in [0.2, 0.25) is 0 Å². The van der Waals surface area contributed by atoms with Gasteiger partial charge >= 0.3 is 0 Å². The minimum Gasteiger partial charge on any atom is -0.493 e. The fourth-order valence-corrected chi connectivity index (χ4v) is 1.33. The van der Waals surface area contributed by atoms with E-state index in [2.05, 4.69) is 15.9 Å². The third-order valence-corrected chi connectivity index (χ3v) is 1.91. The molecule has 0 saturated carbocycles. The van der Waals surface area contributed by atoms with Gasteiger partial charge in [0.05, 0.1) is 14.2 Å². The van der Waals surface area contributed by atoms with Crippen LogP contribution in [0.3, 0.4) is 0 Å². The number of benzene rings is 1. The largest absolute Gasteiger partial charge is 0.493 e. The van der Waals surface area contributed by atoms with E-state index in [1.165, 1.54) is 13.2 Å². The second-order valence-electron chi connectivity index (χ2n) is 2.55. The van der Waals surface area contributed by atoms with Crippen LogP contribution < -0.4 is 9.47 Å². The Kier molecular flexibility index (Phi) is 3.95. The Bertz CT molecular complexity index is 346. The van der Waals surface area contributed by atoms with Gasteiger partial charge in [-0.1, -0.05) is 6.07 Å². The highest BCUT2D eigenvalue weighted by Gasteiger charge is 2.03. The minimum absolute atomic E-state index is 0.426. The highest BCUT2D eigenvalue weighted by atomic mass is 79.9. The van der Waals surface area contributed by atoms with Crippen molar-refractivity contribution in [3.8, 4) is 11.5 Å². The van der Waals surface area contributed by atoms with Crippen molar-refractivity contribution in [3.63, 3.8) is 0 Å². The van der Waals surface area contributed by atoms with E-state index in [-0.39, 0.29) is 0 Å². The van der Waals surface area contributed by atoms with E-state index in [0.717, 1.165) is 0 Å². The highest BCUT2D eigenvalue weighted by Crippen LogP contribution is 2.28. The standard InChI is InChI=1S/C10H10BrFO2/c1-13-8-4-3-7(6-10(11)12)5-9(8)14-2/h3-6H,1-2H3/b10-6-. The average molecular weight is 261 g/mol. The van der Waals surface area contributed by atoms with Crippen molar-refractivity contribution in [2.24, 2.45) is 0 Å². The number of methoxy groups -OCH3 is 2. The molecule has 0 aliphatic rings. The van der Waals surface area contributed by atoms with Gasteiger partial charge in [0.25, 0.3) is 0 Å². The van der Waals surface area contributed by atoms with Gasteiger partial charge < -0.3 is 9.47 Å². The van der Waals surface area contributed by atoms with Crippen LogP contribution in [0, 0.1) is 0 Å². The lowest BCUT2D eigenvalue weighted by Gasteiger charge is -2.07. The number of hydrogen-bond donors (Lipinski definition) is 0. The number of halogens is 2. The van der Waals surface area contributed by atoms with Gasteiger partial charge in [0, 0.05) is 0 Å². The molecular weight excluding hydrogens is 251 g/mol. The fraction of sp³-hybridized carbons (Fsp3) is 0.200. The Labute approximate surface area is 90.5 Å². The van der Waals surface area contributed by atoms with Gasteiger partial charge in [-0.2, -0.15) is 4.39 Å². The summed E-state index contributed by atoms with van der Waals surface area (Å²) in [6.07, 6.45) is 1.35. The maximum atomic E-state index is 12.5. The molecule has 0 saturated heterocycles. The van der Waals surface area contributed by atoms with Gasteiger partial charge in [-0.15, -0.1) is 0 Å². The zero-order chi connectivity index (χ0) is 10.6. The fourth-order valence-electron chi connectivity index (χ4n) is 1.07. The van der Waals surface area contributed by atoms with E-state index in [9.17, 15) is 4.39 Å². The molecule has 0 aromatic heterocycles. The van der Waals surface area contributed by atoms with Crippen LogP contribution in [0.25, 0.3) is 6.08 Å². The lowest BCUT2D eigenvalue weighted by atomic mass is 10.2. The van der Waals surface area contributed by atoms with Crippen LogP contribution in [0.2, 0.25) is 0 Å². The summed E-state index contributed by atoms with van der Waals surface area (Å²) in [6, 6.07) is 5.16. The molecule has 1 aromatic carbocycles. The van der Waals surface area contributed by atoms with E-state index in [4.69, 9.17) is 9.47 Å². The molecule has 0 radical (unpaired) electrons. The van der Waals surface area contributed by atoms with Crippen molar-refractivity contribution < 1.29 is 13.9 Å². The third-order valence-electron chi connectivity index (χ3n) is 1.68. The Balaban J connectivity index is 3.07. The minimum atomic E-state index is -0.426. The molecule has 0 heterocycles. The van der Waals surface area contributed by atoms with E-state index in [0.29, 0.717) is 17.1 Å². The number of hydrogen-bond acceptors (Lipinski definition) is 2. The SMILES string of the molecule is COc1ccc(/C=C(\F)Br)cc1OC. The summed E-state index contributed by atoms with van der Waals surface area (Å²) in [7, 11) is 3.09. The second kappa shape index (κ2) is 5.00. The Morgan fingerprint density at radius 1 is 1.29 bits per heavy atom. The monoisotopic (exact) mass is 260 g/mol. The van der Waals surface area contributed by atoms with Crippen LogP contribution in [-0.4, -0.2) is 14.2 Å². The smallest absolute Gasteiger partial charge is 0.166 e. The molecule has 0 aliphatic heterocycles. The molecule has 0 N–H and O–H groups in total. The molecule has 0 aliphatic carbocycles. The first-order chi connectivity index (χ1) is 6.67. The lowest BCUT2D eigenvalue weighted by molar-refractivity contribution is 0.355. The van der Waals surface area contributed by atoms with Crippen LogP contribution in [-0.2, 0) is 0 Å². The summed E-state index contributed by atoms with van der Waals surface area (Å²) >= 11 is 2.72. The van der Waals surface area contributed by atoms with Crippen molar-refractivity contribution in [2.45, 2.75) is 0 Å². The molecular formula is C10H10BrFO2. The van der Waals surface area contributed by atoms with E-state index in [1.807, 2.05) is 0 Å². The van der Waals surface area contributed by atoms with E-state index >= 15 is 0 Å². The molecule has 0 spiro atoms. The zero-order valence-electron chi connectivity index (χ0n) is 7.88. The normalized spacial score (nSPS) is 11.3. The molecule has 14 heavy (non-hydrogen) atoms. The number of ether oxygens (including phenoxy) is 2. The average Bonchev–Trinajstić information content (AvgIpc) is 2.16. The highest BCUT2D eigenvalue weighted by molar-refractivity contribution is 9.11. The van der Waals surface area contributed by atoms with Gasteiger partial charge in [-0.05, 0) is 39.7 Å².